The minimum absolute atomic E-state index is 0.129. The molecule has 1 aromatic heterocycles. The fourth-order valence-electron chi connectivity index (χ4n) is 1.67. The molecular formula is C14H15F3N2OS. The van der Waals surface area contributed by atoms with Crippen molar-refractivity contribution in [3.63, 3.8) is 0 Å². The Morgan fingerprint density at radius 1 is 1.10 bits per heavy atom. The largest absolute Gasteiger partial charge is 0.573 e. The van der Waals surface area contributed by atoms with E-state index < -0.39 is 6.36 Å². The normalized spacial score (nSPS) is 12.5. The summed E-state index contributed by atoms with van der Waals surface area (Å²) >= 11 is 1.39. The molecule has 0 atom stereocenters. The lowest BCUT2D eigenvalue weighted by Crippen LogP contribution is -2.16. The van der Waals surface area contributed by atoms with Crippen LogP contribution in [0.2, 0.25) is 0 Å². The van der Waals surface area contributed by atoms with Crippen LogP contribution in [0.3, 0.4) is 0 Å². The minimum Gasteiger partial charge on any atom is -0.406 e. The van der Waals surface area contributed by atoms with Crippen molar-refractivity contribution in [3.05, 3.63) is 29.3 Å². The number of nitrogens with two attached hydrogens (primary N) is 1. The monoisotopic (exact) mass is 316 g/mol. The summed E-state index contributed by atoms with van der Waals surface area (Å²) in [5, 5.41) is 1.43. The van der Waals surface area contributed by atoms with Crippen molar-refractivity contribution in [2.24, 2.45) is 0 Å². The molecule has 2 N–H and O–H groups in total. The molecule has 0 spiro atoms. The molecule has 0 aliphatic carbocycles. The smallest absolute Gasteiger partial charge is 0.406 e. The Kier molecular flexibility index (Phi) is 3.88. The van der Waals surface area contributed by atoms with E-state index in [4.69, 9.17) is 5.73 Å². The fourth-order valence-corrected chi connectivity index (χ4v) is 2.59. The number of nitrogens with zero attached hydrogens (tertiary/aromatic N) is 1. The molecule has 0 aliphatic heterocycles. The number of benzene rings is 1. The van der Waals surface area contributed by atoms with E-state index in [0.29, 0.717) is 16.3 Å². The number of aromatic nitrogens is 1. The van der Waals surface area contributed by atoms with E-state index in [1.54, 1.807) is 0 Å². The molecule has 0 aliphatic rings. The zero-order chi connectivity index (χ0) is 15.8. The lowest BCUT2D eigenvalue weighted by atomic mass is 9.98. The standard InChI is InChI=1S/C14H15F3N2OS/c1-13(2,3)12-19-10(11(18)21-12)8-4-6-9(7-5-8)20-14(15,16)17/h4-7H,18H2,1-3H3. The van der Waals surface area contributed by atoms with Crippen LogP contribution in [0.25, 0.3) is 11.3 Å². The third kappa shape index (κ3) is 3.87. The van der Waals surface area contributed by atoms with Crippen LogP contribution >= 0.6 is 11.3 Å². The van der Waals surface area contributed by atoms with Crippen molar-refractivity contribution >= 4 is 16.3 Å². The van der Waals surface area contributed by atoms with Gasteiger partial charge in [-0.1, -0.05) is 20.8 Å². The molecule has 21 heavy (non-hydrogen) atoms. The number of alkyl halides is 3. The van der Waals surface area contributed by atoms with Crippen LogP contribution in [0, 0.1) is 0 Å². The van der Waals surface area contributed by atoms with Gasteiger partial charge in [0.15, 0.2) is 0 Å². The number of anilines is 1. The maximum atomic E-state index is 12.1. The average Bonchev–Trinajstić information content (AvgIpc) is 2.70. The molecular weight excluding hydrogens is 301 g/mol. The summed E-state index contributed by atoms with van der Waals surface area (Å²) in [5.74, 6) is -0.268. The summed E-state index contributed by atoms with van der Waals surface area (Å²) in [6.45, 7) is 6.07. The lowest BCUT2D eigenvalue weighted by Gasteiger charge is -2.13. The maximum Gasteiger partial charge on any atom is 0.573 e. The van der Waals surface area contributed by atoms with Crippen LogP contribution in [0.1, 0.15) is 25.8 Å². The first kappa shape index (κ1) is 15.6. The SMILES string of the molecule is CC(C)(C)c1nc(-c2ccc(OC(F)(F)F)cc2)c(N)s1. The molecule has 1 heterocycles. The van der Waals surface area contributed by atoms with Crippen LogP contribution in [0.15, 0.2) is 24.3 Å². The van der Waals surface area contributed by atoms with Crippen LogP contribution in [0.5, 0.6) is 5.75 Å². The van der Waals surface area contributed by atoms with Gasteiger partial charge in [0.2, 0.25) is 0 Å². The van der Waals surface area contributed by atoms with Gasteiger partial charge in [-0.3, -0.25) is 0 Å². The third-order valence-electron chi connectivity index (χ3n) is 2.66. The fraction of sp³-hybridized carbons (Fsp3) is 0.357. The van der Waals surface area contributed by atoms with Crippen LogP contribution in [-0.4, -0.2) is 11.3 Å². The molecule has 3 nitrogen and oxygen atoms in total. The van der Waals surface area contributed by atoms with Crippen LogP contribution in [-0.2, 0) is 5.41 Å². The van der Waals surface area contributed by atoms with Gasteiger partial charge >= 0.3 is 6.36 Å². The molecule has 1 aromatic carbocycles. The molecule has 0 amide bonds. The van der Waals surface area contributed by atoms with Crippen molar-refractivity contribution in [1.82, 2.24) is 4.98 Å². The Hall–Kier alpha value is -1.76. The molecule has 7 heteroatoms. The highest BCUT2D eigenvalue weighted by Gasteiger charge is 2.31. The highest BCUT2D eigenvalue weighted by atomic mass is 32.1. The number of halogens is 3. The van der Waals surface area contributed by atoms with Gasteiger partial charge in [0, 0.05) is 11.0 Å². The Morgan fingerprint density at radius 3 is 2.10 bits per heavy atom. The van der Waals surface area contributed by atoms with Crippen molar-refractivity contribution in [3.8, 4) is 17.0 Å². The number of nitrogen functional groups attached to an aromatic ring is 1. The van der Waals surface area contributed by atoms with Gasteiger partial charge in [-0.15, -0.1) is 24.5 Å². The Labute approximate surface area is 124 Å². The lowest BCUT2D eigenvalue weighted by molar-refractivity contribution is -0.274. The second-order valence-electron chi connectivity index (χ2n) is 5.55. The van der Waals surface area contributed by atoms with Gasteiger partial charge in [0.05, 0.1) is 0 Å². The maximum absolute atomic E-state index is 12.1. The number of thiazole rings is 1. The van der Waals surface area contributed by atoms with E-state index in [2.05, 4.69) is 9.72 Å². The summed E-state index contributed by atoms with van der Waals surface area (Å²) in [6, 6.07) is 5.52. The third-order valence-corrected chi connectivity index (χ3v) is 3.97. The highest BCUT2D eigenvalue weighted by molar-refractivity contribution is 7.16. The average molecular weight is 316 g/mol. The summed E-state index contributed by atoms with van der Waals surface area (Å²) in [5.41, 5.74) is 7.07. The van der Waals surface area contributed by atoms with E-state index in [-0.39, 0.29) is 11.2 Å². The van der Waals surface area contributed by atoms with Crippen LogP contribution in [0.4, 0.5) is 18.2 Å². The van der Waals surface area contributed by atoms with Crippen molar-refractivity contribution in [2.45, 2.75) is 32.5 Å². The second kappa shape index (κ2) is 5.22. The summed E-state index contributed by atoms with van der Waals surface area (Å²) in [4.78, 5) is 4.49. The van der Waals surface area contributed by atoms with Gasteiger partial charge in [-0.05, 0) is 24.3 Å². The number of hydrogen-bond donors (Lipinski definition) is 1. The zero-order valence-corrected chi connectivity index (χ0v) is 12.6. The predicted molar refractivity (Wildman–Crippen MR) is 77.3 cm³/mol. The molecule has 0 saturated heterocycles. The van der Waals surface area contributed by atoms with E-state index >= 15 is 0 Å². The first-order valence-electron chi connectivity index (χ1n) is 6.19. The molecule has 0 saturated carbocycles. The van der Waals surface area contributed by atoms with Gasteiger partial charge in [-0.25, -0.2) is 4.98 Å². The Morgan fingerprint density at radius 2 is 1.67 bits per heavy atom. The summed E-state index contributed by atoms with van der Waals surface area (Å²) in [7, 11) is 0. The predicted octanol–water partition coefficient (Wildman–Crippen LogP) is 4.59. The summed E-state index contributed by atoms with van der Waals surface area (Å²) in [6.07, 6.45) is -4.69. The van der Waals surface area contributed by atoms with Crippen molar-refractivity contribution < 1.29 is 17.9 Å². The first-order valence-corrected chi connectivity index (χ1v) is 7.01. The molecule has 0 bridgehead atoms. The quantitative estimate of drug-likeness (QED) is 0.881. The molecule has 0 fully saturated rings. The highest BCUT2D eigenvalue weighted by Crippen LogP contribution is 2.36. The molecule has 2 aromatic rings. The van der Waals surface area contributed by atoms with Gasteiger partial charge in [-0.2, -0.15) is 0 Å². The molecule has 114 valence electrons. The molecule has 2 rings (SSSR count). The topological polar surface area (TPSA) is 48.1 Å². The van der Waals surface area contributed by atoms with Crippen molar-refractivity contribution in [1.29, 1.82) is 0 Å². The van der Waals surface area contributed by atoms with E-state index in [9.17, 15) is 13.2 Å². The van der Waals surface area contributed by atoms with Gasteiger partial charge in [0.1, 0.15) is 21.5 Å². The van der Waals surface area contributed by atoms with Gasteiger partial charge < -0.3 is 10.5 Å². The zero-order valence-electron chi connectivity index (χ0n) is 11.8. The number of rotatable bonds is 2. The Bertz CT molecular complexity index is 627. The minimum atomic E-state index is -4.69. The van der Waals surface area contributed by atoms with E-state index in [1.807, 2.05) is 20.8 Å². The first-order chi connectivity index (χ1) is 9.56. The number of hydrogen-bond acceptors (Lipinski definition) is 4. The Balaban J connectivity index is 2.29. The van der Waals surface area contributed by atoms with Crippen molar-refractivity contribution in [2.75, 3.05) is 5.73 Å². The molecule has 0 unspecified atom stereocenters. The summed E-state index contributed by atoms with van der Waals surface area (Å²) < 4.78 is 40.2. The van der Waals surface area contributed by atoms with Crippen LogP contribution < -0.4 is 10.5 Å². The van der Waals surface area contributed by atoms with Gasteiger partial charge in [0.25, 0.3) is 0 Å². The number of ether oxygens (including phenoxy) is 1. The van der Waals surface area contributed by atoms with E-state index in [0.717, 1.165) is 5.01 Å². The van der Waals surface area contributed by atoms with E-state index in [1.165, 1.54) is 35.6 Å². The second-order valence-corrected chi connectivity index (χ2v) is 6.58. The molecule has 0 radical (unpaired) electrons.